The lowest BCUT2D eigenvalue weighted by Crippen LogP contribution is -2.34. The summed E-state index contributed by atoms with van der Waals surface area (Å²) >= 11 is 0. The number of benzene rings is 1. The van der Waals surface area contributed by atoms with Gasteiger partial charge >= 0.3 is 0 Å². The highest BCUT2D eigenvalue weighted by Crippen LogP contribution is 2.25. The van der Waals surface area contributed by atoms with Crippen molar-refractivity contribution < 1.29 is 9.59 Å². The lowest BCUT2D eigenvalue weighted by atomic mass is 9.88. The Morgan fingerprint density at radius 1 is 0.840 bits per heavy atom. The molecule has 0 unspecified atom stereocenters. The second kappa shape index (κ2) is 9.78. The van der Waals surface area contributed by atoms with Crippen molar-refractivity contribution in [2.24, 2.45) is 11.8 Å². The Labute approximate surface area is 155 Å². The SMILES string of the molecule is Cl.O=C(Nc1cccc(NC(=O)C2CCNCC2)c1)C1CCCCC1. The van der Waals surface area contributed by atoms with Gasteiger partial charge in [0.15, 0.2) is 0 Å². The second-order valence-corrected chi connectivity index (χ2v) is 6.92. The van der Waals surface area contributed by atoms with E-state index in [0.29, 0.717) is 0 Å². The van der Waals surface area contributed by atoms with E-state index in [2.05, 4.69) is 16.0 Å². The molecule has 1 aromatic carbocycles. The third-order valence-electron chi connectivity index (χ3n) is 5.08. The molecule has 0 atom stereocenters. The molecular formula is C19H28ClN3O2. The molecule has 2 fully saturated rings. The number of piperidine rings is 1. The van der Waals surface area contributed by atoms with Crippen LogP contribution in [0.15, 0.2) is 24.3 Å². The maximum absolute atomic E-state index is 12.3. The minimum atomic E-state index is 0. The van der Waals surface area contributed by atoms with Crippen LogP contribution in [0.4, 0.5) is 11.4 Å². The average molecular weight is 366 g/mol. The summed E-state index contributed by atoms with van der Waals surface area (Å²) in [6.07, 6.45) is 7.25. The second-order valence-electron chi connectivity index (χ2n) is 6.92. The van der Waals surface area contributed by atoms with E-state index < -0.39 is 0 Å². The van der Waals surface area contributed by atoms with Gasteiger partial charge in [0.05, 0.1) is 0 Å². The number of hydrogen-bond acceptors (Lipinski definition) is 3. The van der Waals surface area contributed by atoms with Gasteiger partial charge in [0, 0.05) is 23.2 Å². The summed E-state index contributed by atoms with van der Waals surface area (Å²) in [6.45, 7) is 1.80. The number of anilines is 2. The largest absolute Gasteiger partial charge is 0.326 e. The van der Waals surface area contributed by atoms with Crippen molar-refractivity contribution in [3.05, 3.63) is 24.3 Å². The summed E-state index contributed by atoms with van der Waals surface area (Å²) in [5.41, 5.74) is 1.51. The van der Waals surface area contributed by atoms with Crippen molar-refractivity contribution >= 4 is 35.6 Å². The number of hydrogen-bond donors (Lipinski definition) is 3. The minimum Gasteiger partial charge on any atom is -0.326 e. The third-order valence-corrected chi connectivity index (χ3v) is 5.08. The van der Waals surface area contributed by atoms with Crippen LogP contribution in [0.3, 0.4) is 0 Å². The first kappa shape index (κ1) is 19.7. The molecule has 1 aliphatic carbocycles. The summed E-state index contributed by atoms with van der Waals surface area (Å²) in [4.78, 5) is 24.7. The van der Waals surface area contributed by atoms with Gasteiger partial charge in [-0.15, -0.1) is 12.4 Å². The van der Waals surface area contributed by atoms with E-state index in [-0.39, 0.29) is 36.1 Å². The fourth-order valence-electron chi connectivity index (χ4n) is 3.61. The van der Waals surface area contributed by atoms with Crippen LogP contribution in [0.5, 0.6) is 0 Å². The standard InChI is InChI=1S/C19H27N3O2.ClH/c23-18(14-5-2-1-3-6-14)21-16-7-4-8-17(13-16)22-19(24)15-9-11-20-12-10-15;/h4,7-8,13-15,20H,1-3,5-6,9-12H2,(H,21,23)(H,22,24);1H. The summed E-state index contributed by atoms with van der Waals surface area (Å²) in [6, 6.07) is 7.46. The number of carbonyl (C=O) groups excluding carboxylic acids is 2. The van der Waals surface area contributed by atoms with E-state index >= 15 is 0 Å². The molecule has 1 saturated heterocycles. The van der Waals surface area contributed by atoms with Crippen LogP contribution in [-0.4, -0.2) is 24.9 Å². The first-order valence-corrected chi connectivity index (χ1v) is 9.15. The van der Waals surface area contributed by atoms with Gasteiger partial charge in [0.2, 0.25) is 11.8 Å². The quantitative estimate of drug-likeness (QED) is 0.764. The summed E-state index contributed by atoms with van der Waals surface area (Å²) in [5, 5.41) is 9.26. The highest BCUT2D eigenvalue weighted by Gasteiger charge is 2.22. The minimum absolute atomic E-state index is 0. The Balaban J connectivity index is 0.00000225. The third kappa shape index (κ3) is 5.72. The van der Waals surface area contributed by atoms with Gasteiger partial charge in [0.25, 0.3) is 0 Å². The monoisotopic (exact) mass is 365 g/mol. The molecule has 0 bridgehead atoms. The molecule has 6 heteroatoms. The molecule has 0 aromatic heterocycles. The van der Waals surface area contributed by atoms with Gasteiger partial charge in [-0.05, 0) is 57.0 Å². The zero-order valence-corrected chi connectivity index (χ0v) is 15.4. The number of halogens is 1. The average Bonchev–Trinajstić information content (AvgIpc) is 2.63. The Hall–Kier alpha value is -1.59. The van der Waals surface area contributed by atoms with E-state index in [0.717, 1.165) is 63.0 Å². The van der Waals surface area contributed by atoms with Crippen molar-refractivity contribution in [1.82, 2.24) is 5.32 Å². The zero-order chi connectivity index (χ0) is 16.8. The number of amides is 2. The first-order chi connectivity index (χ1) is 11.7. The number of rotatable bonds is 4. The lowest BCUT2D eigenvalue weighted by Gasteiger charge is -2.22. The predicted octanol–water partition coefficient (Wildman–Crippen LogP) is 3.57. The van der Waals surface area contributed by atoms with Crippen LogP contribution in [0.1, 0.15) is 44.9 Å². The Morgan fingerprint density at radius 3 is 1.92 bits per heavy atom. The van der Waals surface area contributed by atoms with Crippen molar-refractivity contribution in [3.8, 4) is 0 Å². The van der Waals surface area contributed by atoms with Gasteiger partial charge in [0.1, 0.15) is 0 Å². The molecule has 2 aliphatic rings. The summed E-state index contributed by atoms with van der Waals surface area (Å²) in [5.74, 6) is 0.391. The molecule has 1 saturated carbocycles. The Kier molecular flexibility index (Phi) is 7.72. The molecule has 0 radical (unpaired) electrons. The van der Waals surface area contributed by atoms with Crippen molar-refractivity contribution in [1.29, 1.82) is 0 Å². The predicted molar refractivity (Wildman–Crippen MR) is 103 cm³/mol. The number of carbonyl (C=O) groups is 2. The fourth-order valence-corrected chi connectivity index (χ4v) is 3.61. The van der Waals surface area contributed by atoms with Crippen molar-refractivity contribution in [3.63, 3.8) is 0 Å². The van der Waals surface area contributed by atoms with Crippen LogP contribution in [0.25, 0.3) is 0 Å². The Morgan fingerprint density at radius 2 is 1.36 bits per heavy atom. The van der Waals surface area contributed by atoms with Gasteiger partial charge in [-0.25, -0.2) is 0 Å². The van der Waals surface area contributed by atoms with Crippen LogP contribution < -0.4 is 16.0 Å². The van der Waals surface area contributed by atoms with Crippen LogP contribution >= 0.6 is 12.4 Å². The normalized spacial score (nSPS) is 18.9. The van der Waals surface area contributed by atoms with Crippen molar-refractivity contribution in [2.45, 2.75) is 44.9 Å². The molecule has 25 heavy (non-hydrogen) atoms. The van der Waals surface area contributed by atoms with Gasteiger partial charge < -0.3 is 16.0 Å². The molecule has 1 aromatic rings. The maximum atomic E-state index is 12.3. The molecule has 0 spiro atoms. The summed E-state index contributed by atoms with van der Waals surface area (Å²) < 4.78 is 0. The molecule has 5 nitrogen and oxygen atoms in total. The summed E-state index contributed by atoms with van der Waals surface area (Å²) in [7, 11) is 0. The van der Waals surface area contributed by atoms with E-state index in [9.17, 15) is 9.59 Å². The Bertz CT molecular complexity index is 535. The zero-order valence-electron chi connectivity index (χ0n) is 14.6. The first-order valence-electron chi connectivity index (χ1n) is 9.15. The molecule has 1 heterocycles. The van der Waals surface area contributed by atoms with Crippen LogP contribution in [0, 0.1) is 11.8 Å². The molecule has 2 amide bonds. The molecule has 1 aliphatic heterocycles. The van der Waals surface area contributed by atoms with E-state index in [1.165, 1.54) is 6.42 Å². The molecule has 3 N–H and O–H groups in total. The van der Waals surface area contributed by atoms with E-state index in [1.54, 1.807) is 0 Å². The van der Waals surface area contributed by atoms with Gasteiger partial charge in [-0.1, -0.05) is 25.3 Å². The van der Waals surface area contributed by atoms with Gasteiger partial charge in [-0.2, -0.15) is 0 Å². The van der Waals surface area contributed by atoms with Crippen LogP contribution in [-0.2, 0) is 9.59 Å². The molecular weight excluding hydrogens is 338 g/mol. The smallest absolute Gasteiger partial charge is 0.227 e. The highest BCUT2D eigenvalue weighted by molar-refractivity contribution is 5.95. The molecule has 138 valence electrons. The molecule has 3 rings (SSSR count). The number of nitrogens with one attached hydrogen (secondary N) is 3. The highest BCUT2D eigenvalue weighted by atomic mass is 35.5. The fraction of sp³-hybridized carbons (Fsp3) is 0.579. The topological polar surface area (TPSA) is 70.2 Å². The van der Waals surface area contributed by atoms with E-state index in [1.807, 2.05) is 24.3 Å². The van der Waals surface area contributed by atoms with Gasteiger partial charge in [-0.3, -0.25) is 9.59 Å². The van der Waals surface area contributed by atoms with Crippen molar-refractivity contribution in [2.75, 3.05) is 23.7 Å². The van der Waals surface area contributed by atoms with E-state index in [4.69, 9.17) is 0 Å². The maximum Gasteiger partial charge on any atom is 0.227 e. The van der Waals surface area contributed by atoms with Crippen LogP contribution in [0.2, 0.25) is 0 Å². The lowest BCUT2D eigenvalue weighted by molar-refractivity contribution is -0.121.